The van der Waals surface area contributed by atoms with Crippen LogP contribution in [0.5, 0.6) is 11.5 Å². The predicted octanol–water partition coefficient (Wildman–Crippen LogP) is 4.94. The minimum Gasteiger partial charge on any atom is -0.496 e. The molecule has 0 fully saturated rings. The second-order valence-electron chi connectivity index (χ2n) is 9.11. The van der Waals surface area contributed by atoms with E-state index in [2.05, 4.69) is 6.92 Å². The molecule has 3 aromatic carbocycles. The fourth-order valence-corrected chi connectivity index (χ4v) is 4.66. The predicted molar refractivity (Wildman–Crippen MR) is 134 cm³/mol. The van der Waals surface area contributed by atoms with Gasteiger partial charge in [0.25, 0.3) is 0 Å². The third-order valence-electron chi connectivity index (χ3n) is 6.12. The number of halogens is 1. The summed E-state index contributed by atoms with van der Waals surface area (Å²) >= 11 is 6.00. The van der Waals surface area contributed by atoms with Gasteiger partial charge in [-0.3, -0.25) is 9.59 Å². The summed E-state index contributed by atoms with van der Waals surface area (Å²) in [6, 6.07) is 20.8. The van der Waals surface area contributed by atoms with Crippen molar-refractivity contribution in [2.24, 2.45) is 0 Å². The van der Waals surface area contributed by atoms with E-state index < -0.39 is 11.6 Å². The number of aliphatic carboxylic acids is 1. The molecule has 4 rings (SSSR count). The SMILES string of the molecule is COc1ccccc1CN(CC(=O)O)C(=O)Cc1ccc2c(c1)C[C@@](C)(Cc1ccc(Cl)cc1)O2. The largest absolute Gasteiger partial charge is 0.496 e. The van der Waals surface area contributed by atoms with Crippen LogP contribution in [0.4, 0.5) is 0 Å². The molecule has 1 N–H and O–H groups in total. The topological polar surface area (TPSA) is 76.1 Å². The Hall–Kier alpha value is -3.51. The second kappa shape index (κ2) is 10.4. The van der Waals surface area contributed by atoms with E-state index in [1.54, 1.807) is 13.2 Å². The average Bonchev–Trinajstić information content (AvgIpc) is 3.15. The molecular formula is C28H28ClNO5. The molecule has 6 nitrogen and oxygen atoms in total. The molecule has 1 atom stereocenters. The normalized spacial score (nSPS) is 16.3. The number of carboxylic acids is 1. The summed E-state index contributed by atoms with van der Waals surface area (Å²) in [5, 5.41) is 10.1. The van der Waals surface area contributed by atoms with E-state index in [0.717, 1.165) is 34.4 Å². The summed E-state index contributed by atoms with van der Waals surface area (Å²) in [7, 11) is 1.55. The number of nitrogens with zero attached hydrogens (tertiary/aromatic N) is 1. The van der Waals surface area contributed by atoms with Gasteiger partial charge in [0.1, 0.15) is 23.6 Å². The fourth-order valence-electron chi connectivity index (χ4n) is 4.54. The minimum absolute atomic E-state index is 0.101. The quantitative estimate of drug-likeness (QED) is 0.457. The maximum atomic E-state index is 13.1. The highest BCUT2D eigenvalue weighted by molar-refractivity contribution is 6.30. The molecule has 3 aromatic rings. The first-order valence-corrected chi connectivity index (χ1v) is 11.8. The Morgan fingerprint density at radius 1 is 1.09 bits per heavy atom. The van der Waals surface area contributed by atoms with Crippen LogP contribution < -0.4 is 9.47 Å². The van der Waals surface area contributed by atoms with Crippen molar-refractivity contribution < 1.29 is 24.2 Å². The maximum Gasteiger partial charge on any atom is 0.323 e. The van der Waals surface area contributed by atoms with Gasteiger partial charge in [0.2, 0.25) is 5.91 Å². The van der Waals surface area contributed by atoms with Gasteiger partial charge >= 0.3 is 5.97 Å². The van der Waals surface area contributed by atoms with Crippen LogP contribution in [0.2, 0.25) is 5.02 Å². The molecule has 0 saturated carbocycles. The van der Waals surface area contributed by atoms with Gasteiger partial charge in [-0.05, 0) is 47.9 Å². The third kappa shape index (κ3) is 6.14. The molecule has 0 spiro atoms. The molecule has 1 aliphatic rings. The van der Waals surface area contributed by atoms with E-state index in [4.69, 9.17) is 21.1 Å². The molecule has 1 aliphatic heterocycles. The Balaban J connectivity index is 1.46. The molecule has 0 aliphatic carbocycles. The summed E-state index contributed by atoms with van der Waals surface area (Å²) in [6.45, 7) is 1.85. The lowest BCUT2D eigenvalue weighted by molar-refractivity contribution is -0.144. The van der Waals surface area contributed by atoms with Crippen LogP contribution in [0.3, 0.4) is 0 Å². The van der Waals surface area contributed by atoms with Crippen molar-refractivity contribution in [1.82, 2.24) is 4.90 Å². The van der Waals surface area contributed by atoms with Crippen LogP contribution in [0, 0.1) is 0 Å². The number of para-hydroxylation sites is 1. The van der Waals surface area contributed by atoms with Crippen LogP contribution in [0.15, 0.2) is 66.7 Å². The lowest BCUT2D eigenvalue weighted by Crippen LogP contribution is -2.36. The minimum atomic E-state index is -1.06. The first-order chi connectivity index (χ1) is 16.7. The number of hydrogen-bond acceptors (Lipinski definition) is 4. The molecule has 1 heterocycles. The Labute approximate surface area is 210 Å². The van der Waals surface area contributed by atoms with E-state index in [1.165, 1.54) is 4.90 Å². The van der Waals surface area contributed by atoms with Crippen molar-refractivity contribution in [3.8, 4) is 11.5 Å². The van der Waals surface area contributed by atoms with Crippen molar-refractivity contribution in [1.29, 1.82) is 0 Å². The number of ether oxygens (including phenoxy) is 2. The number of carbonyl (C=O) groups excluding carboxylic acids is 1. The first-order valence-electron chi connectivity index (χ1n) is 11.4. The Bertz CT molecular complexity index is 1230. The molecule has 35 heavy (non-hydrogen) atoms. The van der Waals surface area contributed by atoms with E-state index in [-0.39, 0.29) is 25.4 Å². The summed E-state index contributed by atoms with van der Waals surface area (Å²) in [5.74, 6) is 0.106. The van der Waals surface area contributed by atoms with Gasteiger partial charge in [0.15, 0.2) is 0 Å². The Morgan fingerprint density at radius 2 is 1.80 bits per heavy atom. The second-order valence-corrected chi connectivity index (χ2v) is 9.54. The molecule has 0 bridgehead atoms. The summed E-state index contributed by atoms with van der Waals surface area (Å²) in [6.07, 6.45) is 1.55. The standard InChI is InChI=1S/C28H28ClNO5/c1-28(15-19-7-10-23(29)11-8-19)16-22-13-20(9-12-25(22)35-28)14-26(31)30(18-27(32)33)17-21-5-3-4-6-24(21)34-2/h3-13H,14-18H2,1-2H3,(H,32,33)/t28-/m1/s1. The number of benzene rings is 3. The number of amides is 1. The first kappa shape index (κ1) is 24.6. The number of methoxy groups -OCH3 is 1. The van der Waals surface area contributed by atoms with Gasteiger partial charge in [-0.15, -0.1) is 0 Å². The van der Waals surface area contributed by atoms with Gasteiger partial charge in [-0.1, -0.05) is 54.1 Å². The molecule has 1 amide bonds. The lowest BCUT2D eigenvalue weighted by Gasteiger charge is -2.24. The van der Waals surface area contributed by atoms with E-state index in [1.807, 2.05) is 60.7 Å². The maximum absolute atomic E-state index is 13.1. The fraction of sp³-hybridized carbons (Fsp3) is 0.286. The number of carbonyl (C=O) groups is 2. The average molecular weight is 494 g/mol. The Kier molecular flexibility index (Phi) is 7.31. The number of carboxylic acid groups (broad SMARTS) is 1. The zero-order valence-corrected chi connectivity index (χ0v) is 20.5. The van der Waals surface area contributed by atoms with E-state index >= 15 is 0 Å². The van der Waals surface area contributed by atoms with Crippen molar-refractivity contribution in [3.63, 3.8) is 0 Å². The summed E-state index contributed by atoms with van der Waals surface area (Å²) in [5.41, 5.74) is 3.37. The van der Waals surface area contributed by atoms with Gasteiger partial charge in [0.05, 0.1) is 13.5 Å². The lowest BCUT2D eigenvalue weighted by atomic mass is 9.91. The molecule has 7 heteroatoms. The number of rotatable bonds is 9. The highest BCUT2D eigenvalue weighted by Gasteiger charge is 2.35. The van der Waals surface area contributed by atoms with Gasteiger partial charge in [-0.25, -0.2) is 0 Å². The van der Waals surface area contributed by atoms with Crippen molar-refractivity contribution in [2.45, 2.75) is 38.3 Å². The van der Waals surface area contributed by atoms with E-state index in [9.17, 15) is 14.7 Å². The van der Waals surface area contributed by atoms with Crippen molar-refractivity contribution in [2.75, 3.05) is 13.7 Å². The molecule has 0 saturated heterocycles. The third-order valence-corrected chi connectivity index (χ3v) is 6.38. The van der Waals surface area contributed by atoms with Crippen LogP contribution in [-0.4, -0.2) is 41.1 Å². The summed E-state index contributed by atoms with van der Waals surface area (Å²) in [4.78, 5) is 25.9. The van der Waals surface area contributed by atoms with Crippen LogP contribution in [-0.2, 0) is 35.4 Å². The van der Waals surface area contributed by atoms with Crippen LogP contribution in [0.25, 0.3) is 0 Å². The highest BCUT2D eigenvalue weighted by atomic mass is 35.5. The highest BCUT2D eigenvalue weighted by Crippen LogP contribution is 2.37. The molecule has 0 radical (unpaired) electrons. The Morgan fingerprint density at radius 3 is 2.51 bits per heavy atom. The van der Waals surface area contributed by atoms with Crippen LogP contribution >= 0.6 is 11.6 Å². The molecule has 0 unspecified atom stereocenters. The van der Waals surface area contributed by atoms with Crippen molar-refractivity contribution >= 4 is 23.5 Å². The molecule has 182 valence electrons. The van der Waals surface area contributed by atoms with Crippen molar-refractivity contribution in [3.05, 3.63) is 94.0 Å². The zero-order valence-electron chi connectivity index (χ0n) is 19.8. The summed E-state index contributed by atoms with van der Waals surface area (Å²) < 4.78 is 11.6. The van der Waals surface area contributed by atoms with Gasteiger partial charge in [-0.2, -0.15) is 0 Å². The monoisotopic (exact) mass is 493 g/mol. The molecule has 0 aromatic heterocycles. The van der Waals surface area contributed by atoms with Gasteiger partial charge < -0.3 is 19.5 Å². The number of hydrogen-bond donors (Lipinski definition) is 1. The van der Waals surface area contributed by atoms with Crippen LogP contribution in [0.1, 0.15) is 29.2 Å². The van der Waals surface area contributed by atoms with E-state index in [0.29, 0.717) is 17.2 Å². The van der Waals surface area contributed by atoms with Gasteiger partial charge in [0, 0.05) is 30.0 Å². The zero-order chi connectivity index (χ0) is 25.0. The molecular weight excluding hydrogens is 466 g/mol. The number of fused-ring (bicyclic) bond motifs is 1. The smallest absolute Gasteiger partial charge is 0.323 e.